The van der Waals surface area contributed by atoms with Gasteiger partial charge in [0.25, 0.3) is 0 Å². The summed E-state index contributed by atoms with van der Waals surface area (Å²) < 4.78 is 5.10. The fourth-order valence-electron chi connectivity index (χ4n) is 1.41. The van der Waals surface area contributed by atoms with Gasteiger partial charge in [-0.25, -0.2) is 4.98 Å². The number of pyridine rings is 1. The van der Waals surface area contributed by atoms with Crippen molar-refractivity contribution in [3.05, 3.63) is 23.9 Å². The van der Waals surface area contributed by atoms with E-state index in [1.165, 1.54) is 0 Å². The molecule has 0 N–H and O–H groups in total. The predicted molar refractivity (Wildman–Crippen MR) is 70.1 cm³/mol. The van der Waals surface area contributed by atoms with Crippen LogP contribution in [0.3, 0.4) is 0 Å². The Morgan fingerprint density at radius 1 is 1.50 bits per heavy atom. The summed E-state index contributed by atoms with van der Waals surface area (Å²) in [5, 5.41) is 0. The number of nitrogens with zero attached hydrogens (tertiary/aromatic N) is 2. The number of alkyl halides is 1. The Kier molecular flexibility index (Phi) is 5.77. The first-order valence-corrected chi connectivity index (χ1v) is 6.36. The van der Waals surface area contributed by atoms with E-state index in [1.54, 1.807) is 7.11 Å². The monoisotopic (exact) mass is 286 g/mol. The molecule has 0 bridgehead atoms. The second-order valence-corrected chi connectivity index (χ2v) is 5.54. The Balaban J connectivity index is 2.45. The van der Waals surface area contributed by atoms with Crippen LogP contribution in [0.4, 0.5) is 0 Å². The molecule has 0 aromatic carbocycles. The predicted octanol–water partition coefficient (Wildman–Crippen LogP) is 2.70. The van der Waals surface area contributed by atoms with Crippen LogP contribution in [-0.4, -0.2) is 35.4 Å². The molecule has 0 saturated heterocycles. The minimum Gasteiger partial charge on any atom is -0.481 e. The van der Waals surface area contributed by atoms with Crippen molar-refractivity contribution in [3.8, 4) is 5.88 Å². The molecule has 1 unspecified atom stereocenters. The summed E-state index contributed by atoms with van der Waals surface area (Å²) in [4.78, 5) is 7.21. The topological polar surface area (TPSA) is 25.4 Å². The lowest BCUT2D eigenvalue weighted by atomic mass is 10.3. The molecule has 0 amide bonds. The van der Waals surface area contributed by atoms with Gasteiger partial charge in [0, 0.05) is 17.4 Å². The van der Waals surface area contributed by atoms with Gasteiger partial charge in [-0.3, -0.25) is 0 Å². The van der Waals surface area contributed by atoms with E-state index in [2.05, 4.69) is 39.8 Å². The van der Waals surface area contributed by atoms with Gasteiger partial charge in [0.1, 0.15) is 0 Å². The highest BCUT2D eigenvalue weighted by Crippen LogP contribution is 2.09. The number of ether oxygens (including phenoxy) is 1. The molecule has 1 rings (SSSR count). The smallest absolute Gasteiger partial charge is 0.213 e. The molecule has 1 aromatic heterocycles. The second-order valence-electron chi connectivity index (χ2n) is 3.98. The molecule has 1 atom stereocenters. The number of aromatic nitrogens is 1. The minimum absolute atomic E-state index is 0.563. The Morgan fingerprint density at radius 3 is 2.88 bits per heavy atom. The third-order valence-corrected chi connectivity index (χ3v) is 2.79. The average Bonchev–Trinajstić information content (AvgIpc) is 2.26. The van der Waals surface area contributed by atoms with Crippen molar-refractivity contribution in [2.75, 3.05) is 20.7 Å². The molecule has 0 spiro atoms. The zero-order valence-electron chi connectivity index (χ0n) is 10.1. The molecule has 0 aliphatic rings. The summed E-state index contributed by atoms with van der Waals surface area (Å²) in [7, 11) is 3.75. The maximum Gasteiger partial charge on any atom is 0.213 e. The lowest BCUT2D eigenvalue weighted by molar-refractivity contribution is 0.316. The molecule has 0 aliphatic carbocycles. The van der Waals surface area contributed by atoms with Crippen LogP contribution in [0.5, 0.6) is 5.88 Å². The van der Waals surface area contributed by atoms with Crippen LogP contribution in [0.15, 0.2) is 18.2 Å². The van der Waals surface area contributed by atoms with Gasteiger partial charge in [-0.2, -0.15) is 0 Å². The first-order valence-electron chi connectivity index (χ1n) is 5.44. The third kappa shape index (κ3) is 4.94. The third-order valence-electron chi connectivity index (χ3n) is 2.33. The number of methoxy groups -OCH3 is 1. The van der Waals surface area contributed by atoms with Gasteiger partial charge in [-0.15, -0.1) is 0 Å². The number of rotatable bonds is 6. The van der Waals surface area contributed by atoms with Crippen molar-refractivity contribution < 1.29 is 4.74 Å². The fraction of sp³-hybridized carbons (Fsp3) is 0.583. The van der Waals surface area contributed by atoms with Crippen molar-refractivity contribution in [1.82, 2.24) is 9.88 Å². The quantitative estimate of drug-likeness (QED) is 0.752. The first kappa shape index (κ1) is 13.5. The number of hydrogen-bond donors (Lipinski definition) is 0. The van der Waals surface area contributed by atoms with Gasteiger partial charge in [0.05, 0.1) is 12.8 Å². The van der Waals surface area contributed by atoms with Crippen molar-refractivity contribution in [3.63, 3.8) is 0 Å². The molecule has 3 nitrogen and oxygen atoms in total. The highest BCUT2D eigenvalue weighted by Gasteiger charge is 2.04. The zero-order chi connectivity index (χ0) is 12.0. The van der Waals surface area contributed by atoms with Gasteiger partial charge in [-0.05, 0) is 26.1 Å². The summed E-state index contributed by atoms with van der Waals surface area (Å²) in [5.74, 6) is 0.680. The van der Waals surface area contributed by atoms with Crippen molar-refractivity contribution in [2.24, 2.45) is 0 Å². The van der Waals surface area contributed by atoms with Crippen molar-refractivity contribution in [1.29, 1.82) is 0 Å². The zero-order valence-corrected chi connectivity index (χ0v) is 11.7. The lowest BCUT2D eigenvalue weighted by Gasteiger charge is -2.17. The van der Waals surface area contributed by atoms with E-state index < -0.39 is 0 Å². The van der Waals surface area contributed by atoms with Crippen LogP contribution in [0.1, 0.15) is 19.0 Å². The van der Waals surface area contributed by atoms with Crippen LogP contribution in [0.25, 0.3) is 0 Å². The summed E-state index contributed by atoms with van der Waals surface area (Å²) >= 11 is 3.55. The molecule has 0 aliphatic heterocycles. The van der Waals surface area contributed by atoms with Gasteiger partial charge < -0.3 is 9.64 Å². The number of halogens is 1. The summed E-state index contributed by atoms with van der Waals surface area (Å²) in [5.41, 5.74) is 1.05. The lowest BCUT2D eigenvalue weighted by Crippen LogP contribution is -2.21. The maximum absolute atomic E-state index is 5.10. The Bertz CT molecular complexity index is 318. The molecule has 0 fully saturated rings. The molecule has 16 heavy (non-hydrogen) atoms. The van der Waals surface area contributed by atoms with Crippen molar-refractivity contribution in [2.45, 2.75) is 24.7 Å². The van der Waals surface area contributed by atoms with Gasteiger partial charge in [0.2, 0.25) is 5.88 Å². The van der Waals surface area contributed by atoms with E-state index in [0.717, 1.165) is 25.2 Å². The average molecular weight is 287 g/mol. The Morgan fingerprint density at radius 2 is 2.25 bits per heavy atom. The molecule has 4 heteroatoms. The van der Waals surface area contributed by atoms with Crippen LogP contribution in [0, 0.1) is 0 Å². The van der Waals surface area contributed by atoms with Crippen molar-refractivity contribution >= 4 is 15.9 Å². The molecule has 1 aromatic rings. The van der Waals surface area contributed by atoms with Gasteiger partial charge in [0.15, 0.2) is 0 Å². The largest absolute Gasteiger partial charge is 0.481 e. The van der Waals surface area contributed by atoms with Crippen LogP contribution in [0.2, 0.25) is 0 Å². The Labute approximate surface area is 106 Å². The minimum atomic E-state index is 0.563. The van der Waals surface area contributed by atoms with E-state index in [-0.39, 0.29) is 0 Å². The molecule has 90 valence electrons. The van der Waals surface area contributed by atoms with E-state index in [4.69, 9.17) is 4.74 Å². The highest BCUT2D eigenvalue weighted by molar-refractivity contribution is 9.09. The first-order chi connectivity index (χ1) is 7.61. The van der Waals surface area contributed by atoms with E-state index in [0.29, 0.717) is 10.7 Å². The van der Waals surface area contributed by atoms with Crippen LogP contribution >= 0.6 is 15.9 Å². The summed E-state index contributed by atoms with van der Waals surface area (Å²) in [6.45, 7) is 4.08. The van der Waals surface area contributed by atoms with Gasteiger partial charge >= 0.3 is 0 Å². The normalized spacial score (nSPS) is 12.8. The molecular formula is C12H19BrN2O. The standard InChI is InChI=1S/C12H19BrN2O/c1-10(13)7-8-15(2)9-11-5-4-6-12(14-11)16-3/h4-6,10H,7-9H2,1-3H3. The van der Waals surface area contributed by atoms with Crippen LogP contribution < -0.4 is 4.74 Å². The Hall–Kier alpha value is -0.610. The van der Waals surface area contributed by atoms with E-state index in [9.17, 15) is 0 Å². The fourth-order valence-corrected chi connectivity index (χ4v) is 1.62. The van der Waals surface area contributed by atoms with Crippen LogP contribution in [-0.2, 0) is 6.54 Å². The number of hydrogen-bond acceptors (Lipinski definition) is 3. The highest BCUT2D eigenvalue weighted by atomic mass is 79.9. The van der Waals surface area contributed by atoms with E-state index >= 15 is 0 Å². The summed E-state index contributed by atoms with van der Waals surface area (Å²) in [6.07, 6.45) is 1.14. The SMILES string of the molecule is COc1cccc(CN(C)CCC(C)Br)n1. The molecule has 0 radical (unpaired) electrons. The van der Waals surface area contributed by atoms with E-state index in [1.807, 2.05) is 18.2 Å². The maximum atomic E-state index is 5.10. The second kappa shape index (κ2) is 6.86. The molecule has 1 heterocycles. The molecule has 0 saturated carbocycles. The van der Waals surface area contributed by atoms with Gasteiger partial charge in [-0.1, -0.05) is 28.9 Å². The molecular weight excluding hydrogens is 268 g/mol. The summed E-state index contributed by atoms with van der Waals surface area (Å²) in [6, 6.07) is 5.86.